The van der Waals surface area contributed by atoms with Crippen molar-refractivity contribution in [3.63, 3.8) is 0 Å². The zero-order chi connectivity index (χ0) is 9.68. The fourth-order valence-corrected chi connectivity index (χ4v) is 0.916. The van der Waals surface area contributed by atoms with E-state index in [1.165, 1.54) is 12.8 Å². The van der Waals surface area contributed by atoms with Crippen LogP contribution in [0.5, 0.6) is 0 Å². The fourth-order valence-electron chi connectivity index (χ4n) is 0.916. The highest BCUT2D eigenvalue weighted by atomic mass is 16.2. The monoisotopic (exact) mass is 182 g/mol. The number of urea groups is 1. The average Bonchev–Trinajstić information content (AvgIpc) is 2.88. The highest BCUT2D eigenvalue weighted by molar-refractivity contribution is 5.75. The molecule has 2 amide bonds. The maximum Gasteiger partial charge on any atom is 0.318 e. The summed E-state index contributed by atoms with van der Waals surface area (Å²) in [6.07, 6.45) is 7.29. The van der Waals surface area contributed by atoms with E-state index < -0.39 is 0 Å². The van der Waals surface area contributed by atoms with E-state index in [-0.39, 0.29) is 12.1 Å². The molecular weight excluding hydrogens is 164 g/mol. The van der Waals surface area contributed by atoms with Crippen molar-refractivity contribution in [1.82, 2.24) is 10.6 Å². The Bertz CT molecular complexity index is 197. The molecule has 0 spiro atoms. The van der Waals surface area contributed by atoms with Crippen LogP contribution in [0.25, 0.3) is 0 Å². The third kappa shape index (κ3) is 4.55. The molecule has 0 aromatic heterocycles. The van der Waals surface area contributed by atoms with Crippen molar-refractivity contribution in [2.45, 2.75) is 39.2 Å². The second kappa shape index (κ2) is 4.90. The highest BCUT2D eigenvalue weighted by Crippen LogP contribution is 2.29. The molecule has 0 radical (unpaired) electrons. The Hall–Kier alpha value is -0.990. The van der Waals surface area contributed by atoms with Crippen molar-refractivity contribution in [2.24, 2.45) is 5.92 Å². The van der Waals surface area contributed by atoms with Crippen LogP contribution < -0.4 is 10.6 Å². The minimum Gasteiger partial charge on any atom is -0.335 e. The van der Waals surface area contributed by atoms with Crippen LogP contribution >= 0.6 is 0 Å². The van der Waals surface area contributed by atoms with E-state index in [1.807, 2.05) is 13.8 Å². The minimum absolute atomic E-state index is 0.105. The third-order valence-electron chi connectivity index (χ3n) is 2.19. The lowest BCUT2D eigenvalue weighted by molar-refractivity contribution is 0.241. The summed E-state index contributed by atoms with van der Waals surface area (Å²) in [5.74, 6) is 0.712. The molecule has 1 fully saturated rings. The largest absolute Gasteiger partial charge is 0.335 e. The maximum atomic E-state index is 11.1. The van der Waals surface area contributed by atoms with Crippen molar-refractivity contribution in [3.8, 4) is 0 Å². The molecule has 1 aliphatic rings. The molecule has 74 valence electrons. The summed E-state index contributed by atoms with van der Waals surface area (Å²) in [5, 5.41) is 5.51. The van der Waals surface area contributed by atoms with E-state index >= 15 is 0 Å². The first-order chi connectivity index (χ1) is 6.22. The van der Waals surface area contributed by atoms with Gasteiger partial charge in [0.1, 0.15) is 0 Å². The number of amides is 2. The first-order valence-corrected chi connectivity index (χ1v) is 4.96. The summed E-state index contributed by atoms with van der Waals surface area (Å²) in [6.45, 7) is 4.04. The summed E-state index contributed by atoms with van der Waals surface area (Å²) >= 11 is 0. The molecule has 0 saturated heterocycles. The first-order valence-electron chi connectivity index (χ1n) is 4.96. The molecule has 1 saturated carbocycles. The standard InChI is InChI=1S/C10H18N2O/c1-3-8(2)12-10(13)11-7-6-9-4-5-9/h6-9H,3-5H2,1-2H3,(H2,11,12,13)/b7-6+. The van der Waals surface area contributed by atoms with Crippen LogP contribution in [0, 0.1) is 5.92 Å². The van der Waals surface area contributed by atoms with Gasteiger partial charge in [0.2, 0.25) is 0 Å². The molecule has 0 aliphatic heterocycles. The number of carbonyl (C=O) groups is 1. The van der Waals surface area contributed by atoms with Crippen LogP contribution in [0.3, 0.4) is 0 Å². The van der Waals surface area contributed by atoms with Crippen molar-refractivity contribution in [1.29, 1.82) is 0 Å². The van der Waals surface area contributed by atoms with E-state index in [1.54, 1.807) is 6.20 Å². The quantitative estimate of drug-likeness (QED) is 0.686. The fraction of sp³-hybridized carbons (Fsp3) is 0.700. The van der Waals surface area contributed by atoms with Crippen LogP contribution in [-0.4, -0.2) is 12.1 Å². The molecule has 0 bridgehead atoms. The molecule has 1 rings (SSSR count). The van der Waals surface area contributed by atoms with Gasteiger partial charge in [0, 0.05) is 12.2 Å². The van der Waals surface area contributed by atoms with E-state index in [0.29, 0.717) is 5.92 Å². The molecule has 13 heavy (non-hydrogen) atoms. The Morgan fingerprint density at radius 3 is 2.85 bits per heavy atom. The molecule has 2 N–H and O–H groups in total. The molecule has 1 atom stereocenters. The van der Waals surface area contributed by atoms with E-state index in [0.717, 1.165) is 6.42 Å². The van der Waals surface area contributed by atoms with Gasteiger partial charge in [-0.3, -0.25) is 0 Å². The molecule has 0 aromatic rings. The zero-order valence-corrected chi connectivity index (χ0v) is 8.34. The van der Waals surface area contributed by atoms with Crippen molar-refractivity contribution in [3.05, 3.63) is 12.3 Å². The zero-order valence-electron chi connectivity index (χ0n) is 8.34. The predicted octanol–water partition coefficient (Wildman–Crippen LogP) is 2.01. The summed E-state index contributed by atoms with van der Waals surface area (Å²) in [4.78, 5) is 11.1. The molecule has 1 aliphatic carbocycles. The van der Waals surface area contributed by atoms with Crippen LogP contribution in [0.15, 0.2) is 12.3 Å². The molecule has 3 heteroatoms. The van der Waals surface area contributed by atoms with Gasteiger partial charge in [-0.15, -0.1) is 0 Å². The summed E-state index contributed by atoms with van der Waals surface area (Å²) < 4.78 is 0. The minimum atomic E-state index is -0.105. The highest BCUT2D eigenvalue weighted by Gasteiger charge is 2.17. The second-order valence-electron chi connectivity index (χ2n) is 3.62. The average molecular weight is 182 g/mol. The molecule has 0 heterocycles. The number of carbonyl (C=O) groups excluding carboxylic acids is 1. The van der Waals surface area contributed by atoms with Gasteiger partial charge in [-0.25, -0.2) is 4.79 Å². The summed E-state index contributed by atoms with van der Waals surface area (Å²) in [5.41, 5.74) is 0. The molecular formula is C10H18N2O. The second-order valence-corrected chi connectivity index (χ2v) is 3.62. The van der Waals surface area contributed by atoms with E-state index in [4.69, 9.17) is 0 Å². The molecule has 1 unspecified atom stereocenters. The topological polar surface area (TPSA) is 41.1 Å². The van der Waals surface area contributed by atoms with Gasteiger partial charge < -0.3 is 10.6 Å². The summed E-state index contributed by atoms with van der Waals surface area (Å²) in [6, 6.07) is 0.139. The predicted molar refractivity (Wildman–Crippen MR) is 53.3 cm³/mol. The number of nitrogens with one attached hydrogen (secondary N) is 2. The lowest BCUT2D eigenvalue weighted by Gasteiger charge is -2.10. The van der Waals surface area contributed by atoms with Crippen molar-refractivity contribution < 1.29 is 4.79 Å². The Balaban J connectivity index is 2.09. The van der Waals surface area contributed by atoms with E-state index in [9.17, 15) is 4.79 Å². The Morgan fingerprint density at radius 2 is 2.31 bits per heavy atom. The van der Waals surface area contributed by atoms with Gasteiger partial charge in [-0.2, -0.15) is 0 Å². The lowest BCUT2D eigenvalue weighted by Crippen LogP contribution is -2.38. The SMILES string of the molecule is CCC(C)NC(=O)N/C=C/C1CC1. The Kier molecular flexibility index (Phi) is 3.80. The molecule has 0 aromatic carbocycles. The van der Waals surface area contributed by atoms with Crippen LogP contribution in [0.4, 0.5) is 4.79 Å². The van der Waals surface area contributed by atoms with Gasteiger partial charge in [-0.1, -0.05) is 13.0 Å². The smallest absolute Gasteiger partial charge is 0.318 e. The number of rotatable bonds is 4. The number of allylic oxidation sites excluding steroid dienone is 1. The molecule has 3 nitrogen and oxygen atoms in total. The Labute approximate surface area is 79.6 Å². The van der Waals surface area contributed by atoms with Gasteiger partial charge in [0.25, 0.3) is 0 Å². The Morgan fingerprint density at radius 1 is 1.62 bits per heavy atom. The van der Waals surface area contributed by atoms with Gasteiger partial charge in [0.15, 0.2) is 0 Å². The van der Waals surface area contributed by atoms with Crippen LogP contribution in [0.2, 0.25) is 0 Å². The van der Waals surface area contributed by atoms with Crippen LogP contribution in [0.1, 0.15) is 33.1 Å². The maximum absolute atomic E-state index is 11.1. The van der Waals surface area contributed by atoms with E-state index in [2.05, 4.69) is 16.7 Å². The van der Waals surface area contributed by atoms with Crippen molar-refractivity contribution in [2.75, 3.05) is 0 Å². The normalized spacial score (nSPS) is 18.6. The van der Waals surface area contributed by atoms with Crippen LogP contribution in [-0.2, 0) is 0 Å². The van der Waals surface area contributed by atoms with Gasteiger partial charge >= 0.3 is 6.03 Å². The van der Waals surface area contributed by atoms with Gasteiger partial charge in [0.05, 0.1) is 0 Å². The first kappa shape index (κ1) is 10.1. The summed E-state index contributed by atoms with van der Waals surface area (Å²) in [7, 11) is 0. The van der Waals surface area contributed by atoms with Crippen molar-refractivity contribution >= 4 is 6.03 Å². The number of hydrogen-bond donors (Lipinski definition) is 2. The lowest BCUT2D eigenvalue weighted by atomic mass is 10.3. The van der Waals surface area contributed by atoms with Gasteiger partial charge in [-0.05, 0) is 32.1 Å². The number of hydrogen-bond acceptors (Lipinski definition) is 1. The third-order valence-corrected chi connectivity index (χ3v) is 2.19.